The Morgan fingerprint density at radius 3 is 2.60 bits per heavy atom. The van der Waals surface area contributed by atoms with Crippen molar-refractivity contribution >= 4 is 21.8 Å². The maximum Gasteiger partial charge on any atom is 0.228 e. The van der Waals surface area contributed by atoms with Crippen molar-refractivity contribution in [1.29, 1.82) is 0 Å². The standard InChI is InChI=1S/C12H22BrNO/c1-5-12(3,4)11(15)14-7-6-9(2)10(13)8-14/h9-10H,5-8H2,1-4H3. The highest BCUT2D eigenvalue weighted by atomic mass is 79.9. The lowest BCUT2D eigenvalue weighted by Gasteiger charge is -2.38. The first-order chi connectivity index (χ1) is 6.88. The summed E-state index contributed by atoms with van der Waals surface area (Å²) < 4.78 is 0. The Hall–Kier alpha value is -0.0500. The summed E-state index contributed by atoms with van der Waals surface area (Å²) in [5, 5.41) is 0. The van der Waals surface area contributed by atoms with Crippen LogP contribution in [0.2, 0.25) is 0 Å². The summed E-state index contributed by atoms with van der Waals surface area (Å²) in [7, 11) is 0. The molecule has 1 heterocycles. The van der Waals surface area contributed by atoms with Gasteiger partial charge in [-0.25, -0.2) is 0 Å². The summed E-state index contributed by atoms with van der Waals surface area (Å²) in [6, 6.07) is 0. The van der Waals surface area contributed by atoms with Gasteiger partial charge in [0.1, 0.15) is 0 Å². The lowest BCUT2D eigenvalue weighted by atomic mass is 9.87. The molecule has 88 valence electrons. The van der Waals surface area contributed by atoms with Crippen LogP contribution in [0.25, 0.3) is 0 Å². The fourth-order valence-electron chi connectivity index (χ4n) is 1.79. The van der Waals surface area contributed by atoms with Crippen molar-refractivity contribution in [1.82, 2.24) is 4.90 Å². The van der Waals surface area contributed by atoms with Crippen LogP contribution in [0.3, 0.4) is 0 Å². The third-order valence-electron chi connectivity index (χ3n) is 3.62. The molecule has 0 saturated carbocycles. The van der Waals surface area contributed by atoms with Crippen molar-refractivity contribution in [2.75, 3.05) is 13.1 Å². The minimum Gasteiger partial charge on any atom is -0.341 e. The van der Waals surface area contributed by atoms with Gasteiger partial charge in [-0.1, -0.05) is 43.6 Å². The second-order valence-electron chi connectivity index (χ2n) is 5.27. The van der Waals surface area contributed by atoms with E-state index in [0.29, 0.717) is 16.7 Å². The van der Waals surface area contributed by atoms with Crippen molar-refractivity contribution in [3.63, 3.8) is 0 Å². The molecule has 0 radical (unpaired) electrons. The molecule has 3 heteroatoms. The van der Waals surface area contributed by atoms with E-state index in [2.05, 4.69) is 29.8 Å². The quantitative estimate of drug-likeness (QED) is 0.710. The molecule has 2 nitrogen and oxygen atoms in total. The first-order valence-corrected chi connectivity index (χ1v) is 6.73. The van der Waals surface area contributed by atoms with E-state index >= 15 is 0 Å². The van der Waals surface area contributed by atoms with Gasteiger partial charge in [-0.2, -0.15) is 0 Å². The zero-order valence-electron chi connectivity index (χ0n) is 10.2. The number of hydrogen-bond donors (Lipinski definition) is 0. The maximum absolute atomic E-state index is 12.2. The molecule has 1 amide bonds. The molecule has 1 saturated heterocycles. The van der Waals surface area contributed by atoms with Crippen LogP contribution in [-0.2, 0) is 4.79 Å². The van der Waals surface area contributed by atoms with Crippen LogP contribution in [0.15, 0.2) is 0 Å². The Morgan fingerprint density at radius 2 is 2.13 bits per heavy atom. The largest absolute Gasteiger partial charge is 0.341 e. The second kappa shape index (κ2) is 4.86. The normalized spacial score (nSPS) is 27.9. The molecule has 2 atom stereocenters. The lowest BCUT2D eigenvalue weighted by Crippen LogP contribution is -2.48. The fourth-order valence-corrected chi connectivity index (χ4v) is 2.40. The van der Waals surface area contributed by atoms with Crippen molar-refractivity contribution < 1.29 is 4.79 Å². The topological polar surface area (TPSA) is 20.3 Å². The third kappa shape index (κ3) is 2.96. The molecule has 2 unspecified atom stereocenters. The highest BCUT2D eigenvalue weighted by Crippen LogP contribution is 2.28. The van der Waals surface area contributed by atoms with E-state index in [1.165, 1.54) is 0 Å². The van der Waals surface area contributed by atoms with E-state index in [-0.39, 0.29) is 5.41 Å². The van der Waals surface area contributed by atoms with Gasteiger partial charge in [0.05, 0.1) is 0 Å². The number of halogens is 1. The summed E-state index contributed by atoms with van der Waals surface area (Å²) in [5.74, 6) is 0.986. The Bertz CT molecular complexity index is 240. The molecule has 0 aromatic rings. The Labute approximate surface area is 102 Å². The van der Waals surface area contributed by atoms with Crippen molar-refractivity contribution in [3.05, 3.63) is 0 Å². The Kier molecular flexibility index (Phi) is 4.21. The number of rotatable bonds is 2. The molecule has 0 aliphatic carbocycles. The monoisotopic (exact) mass is 275 g/mol. The smallest absolute Gasteiger partial charge is 0.228 e. The molecule has 1 aliphatic rings. The van der Waals surface area contributed by atoms with Gasteiger partial charge in [-0.15, -0.1) is 0 Å². The zero-order valence-corrected chi connectivity index (χ0v) is 11.8. The Morgan fingerprint density at radius 1 is 1.53 bits per heavy atom. The van der Waals surface area contributed by atoms with Crippen LogP contribution >= 0.6 is 15.9 Å². The van der Waals surface area contributed by atoms with E-state index in [1.807, 2.05) is 18.7 Å². The van der Waals surface area contributed by atoms with E-state index in [4.69, 9.17) is 0 Å². The second-order valence-corrected chi connectivity index (χ2v) is 6.45. The molecule has 0 N–H and O–H groups in total. The molecule has 1 rings (SSSR count). The molecular weight excluding hydrogens is 254 g/mol. The summed E-state index contributed by atoms with van der Waals surface area (Å²) in [5.41, 5.74) is -0.201. The number of carbonyl (C=O) groups is 1. The maximum atomic E-state index is 12.2. The molecule has 0 aromatic heterocycles. The number of alkyl halides is 1. The highest BCUT2D eigenvalue weighted by molar-refractivity contribution is 9.09. The molecule has 15 heavy (non-hydrogen) atoms. The van der Waals surface area contributed by atoms with Gasteiger partial charge in [-0.05, 0) is 18.8 Å². The highest BCUT2D eigenvalue weighted by Gasteiger charge is 2.34. The molecule has 0 bridgehead atoms. The predicted molar refractivity (Wildman–Crippen MR) is 67.1 cm³/mol. The number of piperidine rings is 1. The lowest BCUT2D eigenvalue weighted by molar-refractivity contribution is -0.141. The van der Waals surface area contributed by atoms with Crippen LogP contribution in [0.1, 0.15) is 40.5 Å². The van der Waals surface area contributed by atoms with Crippen molar-refractivity contribution in [2.45, 2.75) is 45.4 Å². The molecular formula is C12H22BrNO. The van der Waals surface area contributed by atoms with Crippen LogP contribution < -0.4 is 0 Å². The van der Waals surface area contributed by atoms with Gasteiger partial charge >= 0.3 is 0 Å². The van der Waals surface area contributed by atoms with Gasteiger partial charge in [0.25, 0.3) is 0 Å². The zero-order chi connectivity index (χ0) is 11.6. The average Bonchev–Trinajstić information content (AvgIpc) is 2.21. The van der Waals surface area contributed by atoms with E-state index < -0.39 is 0 Å². The molecule has 1 fully saturated rings. The van der Waals surface area contributed by atoms with Gasteiger partial charge in [-0.3, -0.25) is 4.79 Å². The summed E-state index contributed by atoms with van der Waals surface area (Å²) >= 11 is 3.66. The summed E-state index contributed by atoms with van der Waals surface area (Å²) in [6.07, 6.45) is 2.02. The molecule has 0 spiro atoms. The number of amides is 1. The minimum atomic E-state index is -0.201. The molecule has 0 aromatic carbocycles. The Balaban J connectivity index is 2.62. The first-order valence-electron chi connectivity index (χ1n) is 5.82. The van der Waals surface area contributed by atoms with Crippen molar-refractivity contribution in [2.24, 2.45) is 11.3 Å². The van der Waals surface area contributed by atoms with Crippen LogP contribution in [0, 0.1) is 11.3 Å². The van der Waals surface area contributed by atoms with E-state index in [9.17, 15) is 4.79 Å². The van der Waals surface area contributed by atoms with Gasteiger partial charge < -0.3 is 4.90 Å². The number of carbonyl (C=O) groups excluding carboxylic acids is 1. The first kappa shape index (κ1) is 13.0. The van der Waals surface area contributed by atoms with Crippen LogP contribution in [-0.4, -0.2) is 28.7 Å². The molecule has 1 aliphatic heterocycles. The van der Waals surface area contributed by atoms with Crippen LogP contribution in [0.5, 0.6) is 0 Å². The summed E-state index contributed by atoms with van der Waals surface area (Å²) in [6.45, 7) is 10.2. The van der Waals surface area contributed by atoms with Gasteiger partial charge in [0, 0.05) is 23.3 Å². The van der Waals surface area contributed by atoms with Crippen molar-refractivity contribution in [3.8, 4) is 0 Å². The fraction of sp³-hybridized carbons (Fsp3) is 0.917. The number of hydrogen-bond acceptors (Lipinski definition) is 1. The van der Waals surface area contributed by atoms with Crippen LogP contribution in [0.4, 0.5) is 0 Å². The average molecular weight is 276 g/mol. The number of likely N-dealkylation sites (tertiary alicyclic amines) is 1. The van der Waals surface area contributed by atoms with E-state index in [1.54, 1.807) is 0 Å². The SMILES string of the molecule is CCC(C)(C)C(=O)N1CCC(C)C(Br)C1. The van der Waals surface area contributed by atoms with Gasteiger partial charge in [0.2, 0.25) is 5.91 Å². The summed E-state index contributed by atoms with van der Waals surface area (Å²) in [4.78, 5) is 14.7. The number of nitrogens with zero attached hydrogens (tertiary/aromatic N) is 1. The third-order valence-corrected chi connectivity index (χ3v) is 4.81. The van der Waals surface area contributed by atoms with Gasteiger partial charge in [0.15, 0.2) is 0 Å². The minimum absolute atomic E-state index is 0.201. The predicted octanol–water partition coefficient (Wildman–Crippen LogP) is 3.05. The van der Waals surface area contributed by atoms with E-state index in [0.717, 1.165) is 25.9 Å².